The van der Waals surface area contributed by atoms with Crippen LogP contribution in [-0.4, -0.2) is 31.8 Å². The second-order valence-electron chi connectivity index (χ2n) is 3.84. The molecular formula is C13H11NO5S. The Morgan fingerprint density at radius 2 is 1.85 bits per heavy atom. The van der Waals surface area contributed by atoms with Crippen LogP contribution in [0.2, 0.25) is 0 Å². The SMILES string of the molecule is COC(=O)c1c(C=O)ccn1S(=O)(=O)c1ccccc1. The topological polar surface area (TPSA) is 82.4 Å². The van der Waals surface area contributed by atoms with E-state index in [0.29, 0.717) is 6.29 Å². The maximum Gasteiger partial charge on any atom is 0.356 e. The molecule has 2 aromatic rings. The van der Waals surface area contributed by atoms with Crippen LogP contribution in [0, 0.1) is 0 Å². The number of esters is 1. The number of nitrogens with zero attached hydrogens (tertiary/aromatic N) is 1. The fourth-order valence-electron chi connectivity index (χ4n) is 1.73. The second kappa shape index (κ2) is 5.30. The maximum atomic E-state index is 12.4. The number of methoxy groups -OCH3 is 1. The summed E-state index contributed by atoms with van der Waals surface area (Å²) in [6.07, 6.45) is 1.56. The third-order valence-electron chi connectivity index (χ3n) is 2.69. The van der Waals surface area contributed by atoms with Crippen molar-refractivity contribution in [3.05, 3.63) is 53.9 Å². The van der Waals surface area contributed by atoms with E-state index in [1.807, 2.05) is 0 Å². The van der Waals surface area contributed by atoms with E-state index in [0.717, 1.165) is 17.3 Å². The molecule has 0 atom stereocenters. The Labute approximate surface area is 115 Å². The van der Waals surface area contributed by atoms with Gasteiger partial charge in [-0.2, -0.15) is 0 Å². The van der Waals surface area contributed by atoms with Crippen LogP contribution in [0.4, 0.5) is 0 Å². The van der Waals surface area contributed by atoms with Crippen molar-refractivity contribution < 1.29 is 22.7 Å². The maximum absolute atomic E-state index is 12.4. The lowest BCUT2D eigenvalue weighted by atomic mass is 10.3. The van der Waals surface area contributed by atoms with Crippen molar-refractivity contribution in [2.45, 2.75) is 4.90 Å². The van der Waals surface area contributed by atoms with E-state index in [9.17, 15) is 18.0 Å². The average molecular weight is 293 g/mol. The number of aldehydes is 1. The van der Waals surface area contributed by atoms with Crippen LogP contribution in [0.15, 0.2) is 47.5 Å². The lowest BCUT2D eigenvalue weighted by molar-refractivity contribution is 0.0590. The number of carbonyl (C=O) groups excluding carboxylic acids is 2. The van der Waals surface area contributed by atoms with Crippen molar-refractivity contribution in [1.29, 1.82) is 0 Å². The number of hydrogen-bond acceptors (Lipinski definition) is 5. The van der Waals surface area contributed by atoms with Crippen LogP contribution in [-0.2, 0) is 14.8 Å². The Hall–Kier alpha value is -2.41. The highest BCUT2D eigenvalue weighted by atomic mass is 32.2. The van der Waals surface area contributed by atoms with Gasteiger partial charge >= 0.3 is 5.97 Å². The van der Waals surface area contributed by atoms with Gasteiger partial charge in [0.25, 0.3) is 10.0 Å². The molecule has 1 aromatic carbocycles. The molecule has 0 aliphatic heterocycles. The lowest BCUT2D eigenvalue weighted by Crippen LogP contribution is -2.19. The van der Waals surface area contributed by atoms with Crippen LogP contribution in [0.3, 0.4) is 0 Å². The molecule has 104 valence electrons. The highest BCUT2D eigenvalue weighted by molar-refractivity contribution is 7.90. The summed E-state index contributed by atoms with van der Waals surface area (Å²) in [6.45, 7) is 0. The van der Waals surface area contributed by atoms with Crippen molar-refractivity contribution in [2.24, 2.45) is 0 Å². The Morgan fingerprint density at radius 3 is 2.40 bits per heavy atom. The zero-order chi connectivity index (χ0) is 14.8. The number of ether oxygens (including phenoxy) is 1. The Balaban J connectivity index is 2.68. The molecule has 0 N–H and O–H groups in total. The van der Waals surface area contributed by atoms with E-state index in [1.165, 1.54) is 18.2 Å². The van der Waals surface area contributed by atoms with Crippen molar-refractivity contribution in [3.8, 4) is 0 Å². The highest BCUT2D eigenvalue weighted by Crippen LogP contribution is 2.19. The molecule has 0 aliphatic carbocycles. The number of hydrogen-bond donors (Lipinski definition) is 0. The molecule has 0 amide bonds. The molecule has 0 radical (unpaired) electrons. The van der Waals surface area contributed by atoms with Gasteiger partial charge in [0.2, 0.25) is 0 Å². The van der Waals surface area contributed by atoms with E-state index in [-0.39, 0.29) is 16.2 Å². The Bertz CT molecular complexity index is 746. The lowest BCUT2D eigenvalue weighted by Gasteiger charge is -2.09. The Morgan fingerprint density at radius 1 is 1.20 bits per heavy atom. The monoisotopic (exact) mass is 293 g/mol. The molecule has 0 saturated heterocycles. The first-order valence-corrected chi connectivity index (χ1v) is 7.02. The molecule has 1 heterocycles. The van der Waals surface area contributed by atoms with E-state index in [1.54, 1.807) is 18.2 Å². The summed E-state index contributed by atoms with van der Waals surface area (Å²) in [5.41, 5.74) is -0.359. The molecule has 0 saturated carbocycles. The highest BCUT2D eigenvalue weighted by Gasteiger charge is 2.26. The van der Waals surface area contributed by atoms with Crippen LogP contribution >= 0.6 is 0 Å². The number of carbonyl (C=O) groups is 2. The van der Waals surface area contributed by atoms with Gasteiger partial charge in [0.1, 0.15) is 0 Å². The summed E-state index contributed by atoms with van der Waals surface area (Å²) in [5, 5.41) is 0. The van der Waals surface area contributed by atoms with E-state index in [4.69, 9.17) is 0 Å². The first-order valence-electron chi connectivity index (χ1n) is 5.58. The van der Waals surface area contributed by atoms with Crippen LogP contribution < -0.4 is 0 Å². The predicted octanol–water partition coefficient (Wildman–Crippen LogP) is 1.32. The zero-order valence-corrected chi connectivity index (χ0v) is 11.3. The van der Waals surface area contributed by atoms with Gasteiger partial charge in [-0.15, -0.1) is 0 Å². The normalized spacial score (nSPS) is 11.1. The fourth-order valence-corrected chi connectivity index (χ4v) is 3.10. The van der Waals surface area contributed by atoms with Gasteiger partial charge in [0.15, 0.2) is 12.0 Å². The molecule has 20 heavy (non-hydrogen) atoms. The first kappa shape index (κ1) is 14.0. The number of aromatic nitrogens is 1. The molecule has 0 spiro atoms. The largest absolute Gasteiger partial charge is 0.464 e. The first-order chi connectivity index (χ1) is 9.52. The van der Waals surface area contributed by atoms with Crippen molar-refractivity contribution in [3.63, 3.8) is 0 Å². The molecule has 2 rings (SSSR count). The van der Waals surface area contributed by atoms with Gasteiger partial charge in [0.05, 0.1) is 12.0 Å². The van der Waals surface area contributed by atoms with Gasteiger partial charge in [-0.05, 0) is 18.2 Å². The van der Waals surface area contributed by atoms with Crippen LogP contribution in [0.25, 0.3) is 0 Å². The third-order valence-corrected chi connectivity index (χ3v) is 4.38. The molecule has 0 aliphatic rings. The smallest absolute Gasteiger partial charge is 0.356 e. The number of benzene rings is 1. The second-order valence-corrected chi connectivity index (χ2v) is 5.66. The standard InChI is InChI=1S/C13H11NO5S/c1-19-13(16)12-10(9-15)7-8-14(12)20(17,18)11-5-3-2-4-6-11/h2-9H,1H3. The van der Waals surface area contributed by atoms with Gasteiger partial charge in [0, 0.05) is 11.8 Å². The summed E-state index contributed by atoms with van der Waals surface area (Å²) in [7, 11) is -2.84. The van der Waals surface area contributed by atoms with E-state index >= 15 is 0 Å². The predicted molar refractivity (Wildman–Crippen MR) is 70.2 cm³/mol. The van der Waals surface area contributed by atoms with Gasteiger partial charge in [-0.3, -0.25) is 4.79 Å². The minimum absolute atomic E-state index is 0.0122. The van der Waals surface area contributed by atoms with Gasteiger partial charge in [-0.25, -0.2) is 17.2 Å². The van der Waals surface area contributed by atoms with Gasteiger partial charge in [-0.1, -0.05) is 18.2 Å². The summed E-state index contributed by atoms with van der Waals surface area (Å²) >= 11 is 0. The molecule has 0 bridgehead atoms. The molecule has 1 aromatic heterocycles. The molecule has 6 nitrogen and oxygen atoms in total. The average Bonchev–Trinajstić information content (AvgIpc) is 2.92. The van der Waals surface area contributed by atoms with Crippen molar-refractivity contribution >= 4 is 22.3 Å². The Kier molecular flexibility index (Phi) is 3.71. The quantitative estimate of drug-likeness (QED) is 0.627. The number of rotatable bonds is 4. The van der Waals surface area contributed by atoms with Crippen molar-refractivity contribution in [2.75, 3.05) is 7.11 Å². The van der Waals surface area contributed by atoms with E-state index in [2.05, 4.69) is 4.74 Å². The molecular weight excluding hydrogens is 282 g/mol. The van der Waals surface area contributed by atoms with Crippen LogP contribution in [0.1, 0.15) is 20.8 Å². The molecule has 7 heteroatoms. The van der Waals surface area contributed by atoms with Crippen LogP contribution in [0.5, 0.6) is 0 Å². The zero-order valence-electron chi connectivity index (χ0n) is 10.5. The summed E-state index contributed by atoms with van der Waals surface area (Å²) in [4.78, 5) is 22.6. The summed E-state index contributed by atoms with van der Waals surface area (Å²) in [5.74, 6) is -0.892. The fraction of sp³-hybridized carbons (Fsp3) is 0.0769. The third kappa shape index (κ3) is 2.23. The van der Waals surface area contributed by atoms with Crippen molar-refractivity contribution in [1.82, 2.24) is 3.97 Å². The molecule has 0 fully saturated rings. The molecule has 0 unspecified atom stereocenters. The van der Waals surface area contributed by atoms with Gasteiger partial charge < -0.3 is 4.74 Å². The minimum atomic E-state index is -3.96. The van der Waals surface area contributed by atoms with E-state index < -0.39 is 16.0 Å². The summed E-state index contributed by atoms with van der Waals surface area (Å²) < 4.78 is 30.2. The minimum Gasteiger partial charge on any atom is -0.464 e. The summed E-state index contributed by atoms with van der Waals surface area (Å²) in [6, 6.07) is 8.85.